The molecule has 10 rings (SSSR count). The molecule has 0 saturated heterocycles. The van der Waals surface area contributed by atoms with Crippen LogP contribution >= 0.6 is 0 Å². The first kappa shape index (κ1) is 28.2. The first-order valence-corrected chi connectivity index (χ1v) is 17.1. The Bertz CT molecular complexity index is 2410. The van der Waals surface area contributed by atoms with E-state index in [-0.39, 0.29) is 10.8 Å². The number of nitrogens with zero attached hydrogens (tertiary/aromatic N) is 1. The Balaban J connectivity index is 1.21. The Labute approximate surface area is 287 Å². The molecule has 2 aliphatic carbocycles. The van der Waals surface area contributed by atoms with E-state index in [4.69, 9.17) is 9.47 Å². The predicted molar refractivity (Wildman–Crippen MR) is 200 cm³/mol. The van der Waals surface area contributed by atoms with Crippen LogP contribution in [0.15, 0.2) is 140 Å². The number of para-hydroxylation sites is 1. The van der Waals surface area contributed by atoms with Gasteiger partial charge >= 0.3 is 0 Å². The summed E-state index contributed by atoms with van der Waals surface area (Å²) in [5.41, 5.74) is 13.4. The van der Waals surface area contributed by atoms with Gasteiger partial charge in [0.2, 0.25) is 0 Å². The second-order valence-corrected chi connectivity index (χ2v) is 14.6. The van der Waals surface area contributed by atoms with E-state index in [9.17, 15) is 0 Å². The second kappa shape index (κ2) is 9.87. The Morgan fingerprint density at radius 2 is 0.918 bits per heavy atom. The maximum absolute atomic E-state index is 6.93. The Hall–Kier alpha value is -5.80. The van der Waals surface area contributed by atoms with Crippen LogP contribution in [0.4, 0.5) is 17.1 Å². The Morgan fingerprint density at radius 1 is 0.429 bits per heavy atom. The van der Waals surface area contributed by atoms with Gasteiger partial charge < -0.3 is 14.4 Å². The van der Waals surface area contributed by atoms with Crippen LogP contribution < -0.4 is 14.4 Å². The van der Waals surface area contributed by atoms with E-state index < -0.39 is 0 Å². The lowest BCUT2D eigenvalue weighted by Crippen LogP contribution is -2.18. The second-order valence-electron chi connectivity index (χ2n) is 14.6. The van der Waals surface area contributed by atoms with Crippen molar-refractivity contribution in [2.75, 3.05) is 4.90 Å². The van der Waals surface area contributed by atoms with Crippen molar-refractivity contribution in [2.24, 2.45) is 0 Å². The fraction of sp³-hybridized carbons (Fsp3) is 0.130. The summed E-state index contributed by atoms with van der Waals surface area (Å²) in [7, 11) is 0. The fourth-order valence-electron chi connectivity index (χ4n) is 8.62. The molecule has 0 atom stereocenters. The first-order valence-electron chi connectivity index (χ1n) is 17.1. The van der Waals surface area contributed by atoms with Gasteiger partial charge in [-0.25, -0.2) is 0 Å². The highest BCUT2D eigenvalue weighted by Gasteiger charge is 2.38. The Morgan fingerprint density at radius 3 is 1.51 bits per heavy atom. The maximum atomic E-state index is 6.93. The van der Waals surface area contributed by atoms with Crippen molar-refractivity contribution in [1.29, 1.82) is 0 Å². The van der Waals surface area contributed by atoms with Crippen LogP contribution in [0.25, 0.3) is 33.0 Å². The van der Waals surface area contributed by atoms with Gasteiger partial charge in [-0.15, -0.1) is 0 Å². The topological polar surface area (TPSA) is 21.7 Å². The molecule has 236 valence electrons. The molecule has 0 amide bonds. The average molecular weight is 634 g/mol. The first-order chi connectivity index (χ1) is 23.8. The lowest BCUT2D eigenvalue weighted by atomic mass is 9.82. The van der Waals surface area contributed by atoms with Gasteiger partial charge in [-0.1, -0.05) is 119 Å². The molecule has 0 N–H and O–H groups in total. The van der Waals surface area contributed by atoms with Crippen LogP contribution in [-0.2, 0) is 10.8 Å². The van der Waals surface area contributed by atoms with Crippen LogP contribution in [0.2, 0.25) is 0 Å². The minimum Gasteiger partial charge on any atom is -0.453 e. The number of anilines is 3. The molecular formula is C46H35NO2. The normalized spacial score (nSPS) is 15.2. The predicted octanol–water partition coefficient (Wildman–Crippen LogP) is 12.8. The molecule has 49 heavy (non-hydrogen) atoms. The van der Waals surface area contributed by atoms with Gasteiger partial charge in [-0.3, -0.25) is 0 Å². The molecule has 0 unspecified atom stereocenters. The van der Waals surface area contributed by atoms with Crippen molar-refractivity contribution < 1.29 is 9.47 Å². The zero-order valence-electron chi connectivity index (χ0n) is 28.0. The Kier molecular flexibility index (Phi) is 5.69. The molecule has 0 bridgehead atoms. The van der Waals surface area contributed by atoms with Crippen molar-refractivity contribution >= 4 is 27.8 Å². The average Bonchev–Trinajstić information content (AvgIpc) is 3.39. The zero-order valence-corrected chi connectivity index (χ0v) is 28.0. The van der Waals surface area contributed by atoms with Gasteiger partial charge in [0.1, 0.15) is 11.5 Å². The van der Waals surface area contributed by atoms with Gasteiger partial charge in [0.15, 0.2) is 11.5 Å². The zero-order chi connectivity index (χ0) is 33.1. The molecule has 3 nitrogen and oxygen atoms in total. The summed E-state index contributed by atoms with van der Waals surface area (Å²) in [5.74, 6) is 2.96. The number of fused-ring (bicyclic) bond motifs is 7. The van der Waals surface area contributed by atoms with Crippen LogP contribution in [0.1, 0.15) is 49.9 Å². The van der Waals surface area contributed by atoms with E-state index in [1.54, 1.807) is 0 Å². The molecule has 7 aromatic rings. The van der Waals surface area contributed by atoms with E-state index in [1.807, 2.05) is 30.3 Å². The minimum atomic E-state index is -0.139. The summed E-state index contributed by atoms with van der Waals surface area (Å²) < 4.78 is 13.6. The molecule has 0 aromatic heterocycles. The molecule has 3 aliphatic rings. The van der Waals surface area contributed by atoms with Crippen molar-refractivity contribution in [3.05, 3.63) is 162 Å². The summed E-state index contributed by atoms with van der Waals surface area (Å²) in [6.45, 7) is 9.35. The SMILES string of the molecule is CC1(C)c2ccccc2-c2ccc(N(c3ccc4c(c3)C(C)(C)c3ccccc3-4)c3cccc4c3Oc3cccc5cccc(c35)O4)cc21. The van der Waals surface area contributed by atoms with Crippen molar-refractivity contribution in [1.82, 2.24) is 0 Å². The van der Waals surface area contributed by atoms with Crippen LogP contribution in [0, 0.1) is 0 Å². The van der Waals surface area contributed by atoms with Gasteiger partial charge in [0, 0.05) is 22.2 Å². The van der Waals surface area contributed by atoms with E-state index >= 15 is 0 Å². The van der Waals surface area contributed by atoms with Gasteiger partial charge in [-0.05, 0) is 98.4 Å². The summed E-state index contributed by atoms with van der Waals surface area (Å²) >= 11 is 0. The molecule has 0 radical (unpaired) electrons. The summed E-state index contributed by atoms with van der Waals surface area (Å²) in [6, 6.07) is 50.1. The smallest absolute Gasteiger partial charge is 0.193 e. The number of rotatable bonds is 3. The maximum Gasteiger partial charge on any atom is 0.193 e. The number of hydrogen-bond acceptors (Lipinski definition) is 3. The minimum absolute atomic E-state index is 0.139. The van der Waals surface area contributed by atoms with Crippen LogP contribution in [0.3, 0.4) is 0 Å². The quantitative estimate of drug-likeness (QED) is 0.193. The van der Waals surface area contributed by atoms with Crippen molar-refractivity contribution in [3.63, 3.8) is 0 Å². The highest BCUT2D eigenvalue weighted by atomic mass is 16.5. The highest BCUT2D eigenvalue weighted by Crippen LogP contribution is 2.56. The summed E-state index contributed by atoms with van der Waals surface area (Å²) in [5, 5.41) is 2.06. The molecule has 1 aliphatic heterocycles. The largest absolute Gasteiger partial charge is 0.453 e. The lowest BCUT2D eigenvalue weighted by molar-refractivity contribution is 0.440. The standard InChI is InChI=1S/C46H35NO2/c1-45(2)35-16-7-5-14-31(35)33-24-22-29(26-37(33)45)47(30-23-25-34-32-15-6-8-17-36(32)46(3,4)38(34)27-30)39-18-11-21-42-44(39)49-41-20-10-13-28-12-9-19-40(48-42)43(28)41/h5-27H,1-4H3. The van der Waals surface area contributed by atoms with Crippen molar-refractivity contribution in [2.45, 2.75) is 38.5 Å². The number of hydrogen-bond donors (Lipinski definition) is 0. The summed E-state index contributed by atoms with van der Waals surface area (Å²) in [4.78, 5) is 2.36. The van der Waals surface area contributed by atoms with Crippen LogP contribution in [0.5, 0.6) is 23.0 Å². The van der Waals surface area contributed by atoms with E-state index in [2.05, 4.69) is 142 Å². The van der Waals surface area contributed by atoms with Gasteiger partial charge in [-0.2, -0.15) is 0 Å². The van der Waals surface area contributed by atoms with E-state index in [0.29, 0.717) is 11.5 Å². The molecule has 0 fully saturated rings. The van der Waals surface area contributed by atoms with Gasteiger partial charge in [0.25, 0.3) is 0 Å². The molecule has 7 aromatic carbocycles. The fourth-order valence-corrected chi connectivity index (χ4v) is 8.62. The molecular weight excluding hydrogens is 599 g/mol. The molecule has 0 spiro atoms. The lowest BCUT2D eigenvalue weighted by Gasteiger charge is -2.31. The van der Waals surface area contributed by atoms with E-state index in [1.165, 1.54) is 44.5 Å². The van der Waals surface area contributed by atoms with Crippen LogP contribution in [-0.4, -0.2) is 0 Å². The third-order valence-corrected chi connectivity index (χ3v) is 11.1. The van der Waals surface area contributed by atoms with Crippen molar-refractivity contribution in [3.8, 4) is 45.3 Å². The molecule has 0 saturated carbocycles. The third kappa shape index (κ3) is 3.90. The third-order valence-electron chi connectivity index (χ3n) is 11.1. The van der Waals surface area contributed by atoms with E-state index in [0.717, 1.165) is 39.3 Å². The number of ether oxygens (including phenoxy) is 2. The monoisotopic (exact) mass is 633 g/mol. The molecule has 3 heteroatoms. The summed E-state index contributed by atoms with van der Waals surface area (Å²) in [6.07, 6.45) is 0. The molecule has 1 heterocycles. The van der Waals surface area contributed by atoms with Gasteiger partial charge in [0.05, 0.1) is 11.1 Å². The number of benzene rings is 7. The highest BCUT2D eigenvalue weighted by molar-refractivity contribution is 5.96.